The number of esters is 1. The van der Waals surface area contributed by atoms with E-state index in [1.807, 2.05) is 39.5 Å². The number of amides is 1. The summed E-state index contributed by atoms with van der Waals surface area (Å²) in [4.78, 5) is 28.7. The van der Waals surface area contributed by atoms with E-state index in [0.29, 0.717) is 18.7 Å². The van der Waals surface area contributed by atoms with Gasteiger partial charge in [-0.3, -0.25) is 4.90 Å². The van der Waals surface area contributed by atoms with E-state index in [4.69, 9.17) is 9.47 Å². The van der Waals surface area contributed by atoms with Crippen molar-refractivity contribution in [1.29, 1.82) is 0 Å². The molecule has 1 fully saturated rings. The van der Waals surface area contributed by atoms with Gasteiger partial charge < -0.3 is 14.4 Å². The Morgan fingerprint density at radius 2 is 1.70 bits per heavy atom. The van der Waals surface area contributed by atoms with Crippen LogP contribution in [-0.4, -0.2) is 59.7 Å². The number of piperazine rings is 1. The molecule has 1 unspecified atom stereocenters. The molecule has 150 valence electrons. The van der Waals surface area contributed by atoms with E-state index in [9.17, 15) is 14.0 Å². The van der Waals surface area contributed by atoms with Crippen LogP contribution in [0.3, 0.4) is 0 Å². The van der Waals surface area contributed by atoms with Gasteiger partial charge >= 0.3 is 12.1 Å². The molecule has 0 aliphatic carbocycles. The van der Waals surface area contributed by atoms with Gasteiger partial charge in [0.2, 0.25) is 0 Å². The Morgan fingerprint density at radius 1 is 1.11 bits per heavy atom. The van der Waals surface area contributed by atoms with Crippen molar-refractivity contribution in [3.63, 3.8) is 0 Å². The second-order valence-electron chi connectivity index (χ2n) is 8.00. The third kappa shape index (κ3) is 5.19. The zero-order valence-corrected chi connectivity index (χ0v) is 16.9. The zero-order valence-electron chi connectivity index (χ0n) is 16.9. The Balaban J connectivity index is 2.23. The minimum atomic E-state index is -0.658. The van der Waals surface area contributed by atoms with Crippen LogP contribution in [-0.2, 0) is 14.3 Å². The molecule has 0 aromatic heterocycles. The van der Waals surface area contributed by atoms with Crippen LogP contribution < -0.4 is 0 Å². The van der Waals surface area contributed by atoms with Gasteiger partial charge in [0.05, 0.1) is 7.11 Å². The number of benzene rings is 1. The van der Waals surface area contributed by atoms with Crippen LogP contribution >= 0.6 is 0 Å². The first-order valence-corrected chi connectivity index (χ1v) is 9.12. The summed E-state index contributed by atoms with van der Waals surface area (Å²) < 4.78 is 23.8. The van der Waals surface area contributed by atoms with Crippen LogP contribution in [0.25, 0.3) is 0 Å². The Hall–Kier alpha value is -2.15. The third-order valence-corrected chi connectivity index (χ3v) is 4.60. The summed E-state index contributed by atoms with van der Waals surface area (Å²) in [5, 5.41) is 0. The maximum atomic E-state index is 13.3. The Bertz CT molecular complexity index is 672. The largest absolute Gasteiger partial charge is 0.468 e. The molecule has 7 heteroatoms. The zero-order chi connectivity index (χ0) is 20.4. The highest BCUT2D eigenvalue weighted by Gasteiger charge is 2.40. The molecular weight excluding hydrogens is 351 g/mol. The van der Waals surface area contributed by atoms with Crippen LogP contribution in [0.1, 0.15) is 46.2 Å². The van der Waals surface area contributed by atoms with Gasteiger partial charge in [-0.1, -0.05) is 12.1 Å². The average molecular weight is 380 g/mol. The highest BCUT2D eigenvalue weighted by atomic mass is 19.1. The second kappa shape index (κ2) is 8.25. The molecule has 0 bridgehead atoms. The van der Waals surface area contributed by atoms with E-state index in [-0.39, 0.29) is 24.0 Å². The van der Waals surface area contributed by atoms with E-state index in [1.165, 1.54) is 19.2 Å². The molecule has 1 saturated heterocycles. The lowest BCUT2D eigenvalue weighted by atomic mass is 9.99. The summed E-state index contributed by atoms with van der Waals surface area (Å²) in [7, 11) is 1.34. The Labute approximate surface area is 160 Å². The van der Waals surface area contributed by atoms with Crippen molar-refractivity contribution in [3.05, 3.63) is 35.6 Å². The van der Waals surface area contributed by atoms with E-state index in [1.54, 1.807) is 17.0 Å². The molecule has 1 amide bonds. The maximum absolute atomic E-state index is 13.3. The van der Waals surface area contributed by atoms with Crippen molar-refractivity contribution in [1.82, 2.24) is 9.80 Å². The number of rotatable bonds is 3. The molecule has 1 heterocycles. The fraction of sp³-hybridized carbons (Fsp3) is 0.600. The number of halogens is 1. The lowest BCUT2D eigenvalue weighted by molar-refractivity contribution is -0.150. The Morgan fingerprint density at radius 3 is 2.22 bits per heavy atom. The molecule has 27 heavy (non-hydrogen) atoms. The highest BCUT2D eigenvalue weighted by Crippen LogP contribution is 2.29. The fourth-order valence-electron chi connectivity index (χ4n) is 3.31. The van der Waals surface area contributed by atoms with E-state index < -0.39 is 17.6 Å². The van der Waals surface area contributed by atoms with E-state index in [0.717, 1.165) is 0 Å². The first-order valence-electron chi connectivity index (χ1n) is 9.12. The lowest BCUT2D eigenvalue weighted by Crippen LogP contribution is -2.60. The first-order chi connectivity index (χ1) is 12.5. The summed E-state index contributed by atoms with van der Waals surface area (Å²) in [6, 6.07) is 4.93. The maximum Gasteiger partial charge on any atom is 0.410 e. The number of methoxy groups -OCH3 is 1. The SMILES string of the molecule is COC(=O)C(c1ccc(F)cc1)N1C[C@H](C)N(C(=O)OC(C)(C)C)C[C@H]1C. The van der Waals surface area contributed by atoms with E-state index in [2.05, 4.69) is 0 Å². The van der Waals surface area contributed by atoms with Crippen LogP contribution in [0.4, 0.5) is 9.18 Å². The number of ether oxygens (including phenoxy) is 2. The quantitative estimate of drug-likeness (QED) is 0.753. The molecule has 6 nitrogen and oxygen atoms in total. The van der Waals surface area contributed by atoms with Crippen molar-refractivity contribution in [2.45, 2.75) is 58.3 Å². The van der Waals surface area contributed by atoms with Crippen LogP contribution in [0.15, 0.2) is 24.3 Å². The number of hydrogen-bond donors (Lipinski definition) is 0. The van der Waals surface area contributed by atoms with Gasteiger partial charge in [0.25, 0.3) is 0 Å². The fourth-order valence-corrected chi connectivity index (χ4v) is 3.31. The number of nitrogens with zero attached hydrogens (tertiary/aromatic N) is 2. The summed E-state index contributed by atoms with van der Waals surface area (Å²) in [5.74, 6) is -0.773. The molecule has 0 radical (unpaired) electrons. The smallest absolute Gasteiger partial charge is 0.410 e. The van der Waals surface area contributed by atoms with Crippen molar-refractivity contribution in [3.8, 4) is 0 Å². The number of carbonyl (C=O) groups is 2. The molecule has 3 atom stereocenters. The van der Waals surface area contributed by atoms with Crippen LogP contribution in [0.5, 0.6) is 0 Å². The summed E-state index contributed by atoms with van der Waals surface area (Å²) >= 11 is 0. The predicted octanol–water partition coefficient (Wildman–Crippen LogP) is 3.37. The summed E-state index contributed by atoms with van der Waals surface area (Å²) in [6.45, 7) is 10.2. The topological polar surface area (TPSA) is 59.1 Å². The van der Waals surface area contributed by atoms with Crippen molar-refractivity contribution in [2.24, 2.45) is 0 Å². The molecule has 1 aliphatic heterocycles. The lowest BCUT2D eigenvalue weighted by Gasteiger charge is -2.46. The van der Waals surface area contributed by atoms with Gasteiger partial charge in [-0.2, -0.15) is 0 Å². The highest BCUT2D eigenvalue weighted by molar-refractivity contribution is 5.77. The monoisotopic (exact) mass is 380 g/mol. The molecule has 1 aromatic rings. The van der Waals surface area contributed by atoms with Gasteiger partial charge in [0, 0.05) is 25.2 Å². The number of hydrogen-bond acceptors (Lipinski definition) is 5. The molecule has 0 saturated carbocycles. The third-order valence-electron chi connectivity index (χ3n) is 4.60. The van der Waals surface area contributed by atoms with Crippen molar-refractivity contribution < 1.29 is 23.5 Å². The van der Waals surface area contributed by atoms with Crippen LogP contribution in [0.2, 0.25) is 0 Å². The molecule has 2 rings (SSSR count). The first kappa shape index (κ1) is 21.2. The summed E-state index contributed by atoms with van der Waals surface area (Å²) in [6.07, 6.45) is -0.363. The Kier molecular flexibility index (Phi) is 6.46. The van der Waals surface area contributed by atoms with Crippen molar-refractivity contribution in [2.75, 3.05) is 20.2 Å². The van der Waals surface area contributed by atoms with Gasteiger partial charge in [0.1, 0.15) is 17.5 Å². The molecule has 1 aromatic carbocycles. The average Bonchev–Trinajstić information content (AvgIpc) is 2.57. The molecular formula is C20H29FN2O4. The van der Waals surface area contributed by atoms with E-state index >= 15 is 0 Å². The molecule has 0 spiro atoms. The second-order valence-corrected chi connectivity index (χ2v) is 8.00. The molecule has 1 aliphatic rings. The minimum Gasteiger partial charge on any atom is -0.468 e. The minimum absolute atomic E-state index is 0.108. The van der Waals surface area contributed by atoms with Crippen LogP contribution in [0, 0.1) is 5.82 Å². The van der Waals surface area contributed by atoms with Crippen molar-refractivity contribution >= 4 is 12.1 Å². The summed E-state index contributed by atoms with van der Waals surface area (Å²) in [5.41, 5.74) is 0.0906. The number of carbonyl (C=O) groups excluding carboxylic acids is 2. The van der Waals surface area contributed by atoms with Gasteiger partial charge in [0.15, 0.2) is 0 Å². The van der Waals surface area contributed by atoms with Gasteiger partial charge in [-0.25, -0.2) is 14.0 Å². The normalized spacial score (nSPS) is 22.3. The van der Waals surface area contributed by atoms with Gasteiger partial charge in [-0.15, -0.1) is 0 Å². The van der Waals surface area contributed by atoms with Gasteiger partial charge in [-0.05, 0) is 52.3 Å². The standard InChI is InChI=1S/C20H29FN2O4/c1-13-12-23(19(25)27-20(3,4)5)14(2)11-22(13)17(18(24)26-6)15-7-9-16(21)10-8-15/h7-10,13-14,17H,11-12H2,1-6H3/t13-,14+,17?/m1/s1. The predicted molar refractivity (Wildman–Crippen MR) is 99.7 cm³/mol. The molecule has 0 N–H and O–H groups in total.